The van der Waals surface area contributed by atoms with Gasteiger partial charge in [-0.1, -0.05) is 12.1 Å². The van der Waals surface area contributed by atoms with Gasteiger partial charge in [0.15, 0.2) is 0 Å². The molecular weight excluding hydrogens is 266 g/mol. The molecule has 2 amide bonds. The van der Waals surface area contributed by atoms with Crippen LogP contribution in [0.1, 0.15) is 21.5 Å². The topological polar surface area (TPSA) is 85.1 Å². The highest BCUT2D eigenvalue weighted by atomic mass is 16.2. The number of nitrogens with two attached hydrogens (primary N) is 1. The summed E-state index contributed by atoms with van der Waals surface area (Å²) in [5.41, 5.74) is 7.65. The zero-order valence-corrected chi connectivity index (χ0v) is 11.5. The number of benzene rings is 1. The van der Waals surface area contributed by atoms with Crippen molar-refractivity contribution in [3.63, 3.8) is 0 Å². The van der Waals surface area contributed by atoms with Crippen molar-refractivity contribution in [1.29, 1.82) is 0 Å². The van der Waals surface area contributed by atoms with Crippen LogP contribution in [0.2, 0.25) is 0 Å². The normalized spacial score (nSPS) is 10.5. The number of rotatable bonds is 4. The molecule has 106 valence electrons. The third kappa shape index (κ3) is 3.76. The summed E-state index contributed by atoms with van der Waals surface area (Å²) in [6, 6.07) is 8.73. The maximum absolute atomic E-state index is 11.9. The predicted octanol–water partition coefficient (Wildman–Crippen LogP) is 2.14. The third-order valence-corrected chi connectivity index (χ3v) is 2.91. The minimum Gasteiger partial charge on any atom is -0.366 e. The van der Waals surface area contributed by atoms with Gasteiger partial charge in [-0.15, -0.1) is 0 Å². The van der Waals surface area contributed by atoms with Crippen LogP contribution < -0.4 is 11.1 Å². The Morgan fingerprint density at radius 3 is 2.57 bits per heavy atom. The van der Waals surface area contributed by atoms with Crippen LogP contribution in [0.25, 0.3) is 6.08 Å². The Balaban J connectivity index is 2.15. The molecule has 1 heterocycles. The van der Waals surface area contributed by atoms with Crippen LogP contribution in [0.5, 0.6) is 0 Å². The molecule has 0 saturated carbocycles. The molecule has 5 heteroatoms. The average Bonchev–Trinajstić information content (AvgIpc) is 2.46. The van der Waals surface area contributed by atoms with E-state index in [4.69, 9.17) is 5.73 Å². The van der Waals surface area contributed by atoms with Gasteiger partial charge in [0, 0.05) is 18.5 Å². The molecule has 0 radical (unpaired) electrons. The molecule has 1 aromatic carbocycles. The van der Waals surface area contributed by atoms with Crippen molar-refractivity contribution >= 4 is 23.6 Å². The Kier molecular flexibility index (Phi) is 4.46. The van der Waals surface area contributed by atoms with Crippen molar-refractivity contribution in [2.24, 2.45) is 5.73 Å². The van der Waals surface area contributed by atoms with Gasteiger partial charge in [-0.05, 0) is 42.3 Å². The monoisotopic (exact) mass is 281 g/mol. The predicted molar refractivity (Wildman–Crippen MR) is 81.6 cm³/mol. The number of nitrogens with one attached hydrogen (secondary N) is 1. The summed E-state index contributed by atoms with van der Waals surface area (Å²) in [4.78, 5) is 27.3. The maximum Gasteiger partial charge on any atom is 0.251 e. The van der Waals surface area contributed by atoms with Crippen LogP contribution in [0.15, 0.2) is 48.8 Å². The highest BCUT2D eigenvalue weighted by Gasteiger charge is 2.12. The fraction of sp³-hybridized carbons (Fsp3) is 0.0625. The molecule has 0 unspecified atom stereocenters. The number of nitrogens with zero attached hydrogens (tertiary/aromatic N) is 1. The second-order valence-electron chi connectivity index (χ2n) is 4.46. The highest BCUT2D eigenvalue weighted by molar-refractivity contribution is 6.07. The summed E-state index contributed by atoms with van der Waals surface area (Å²) in [5, 5.41) is 2.66. The maximum atomic E-state index is 11.9. The summed E-state index contributed by atoms with van der Waals surface area (Å²) >= 11 is 0. The number of aromatic nitrogens is 1. The Morgan fingerprint density at radius 1 is 1.19 bits per heavy atom. The van der Waals surface area contributed by atoms with Crippen molar-refractivity contribution in [3.8, 4) is 0 Å². The highest BCUT2D eigenvalue weighted by Crippen LogP contribution is 2.19. The Hall–Kier alpha value is -2.95. The molecule has 5 nitrogen and oxygen atoms in total. The number of hydrogen-bond acceptors (Lipinski definition) is 3. The zero-order valence-electron chi connectivity index (χ0n) is 11.5. The Bertz CT molecular complexity index is 694. The fourth-order valence-electron chi connectivity index (χ4n) is 1.92. The van der Waals surface area contributed by atoms with Gasteiger partial charge in [-0.3, -0.25) is 14.6 Å². The minimum atomic E-state index is -0.568. The van der Waals surface area contributed by atoms with E-state index < -0.39 is 5.91 Å². The first-order valence-corrected chi connectivity index (χ1v) is 6.36. The third-order valence-electron chi connectivity index (χ3n) is 2.91. The van der Waals surface area contributed by atoms with Crippen LogP contribution in [-0.2, 0) is 4.79 Å². The number of hydrogen-bond donors (Lipinski definition) is 2. The first kappa shape index (κ1) is 14.5. The van der Waals surface area contributed by atoms with Crippen molar-refractivity contribution in [2.75, 3.05) is 5.32 Å². The molecule has 21 heavy (non-hydrogen) atoms. The van der Waals surface area contributed by atoms with Gasteiger partial charge < -0.3 is 11.1 Å². The van der Waals surface area contributed by atoms with Crippen LogP contribution in [-0.4, -0.2) is 16.8 Å². The summed E-state index contributed by atoms with van der Waals surface area (Å²) in [6.45, 7) is 1.77. The molecular formula is C16H15N3O2. The van der Waals surface area contributed by atoms with Crippen LogP contribution in [0.3, 0.4) is 0 Å². The molecule has 1 aromatic heterocycles. The second-order valence-corrected chi connectivity index (χ2v) is 4.46. The van der Waals surface area contributed by atoms with E-state index in [-0.39, 0.29) is 5.91 Å². The first-order chi connectivity index (χ1) is 10.1. The van der Waals surface area contributed by atoms with Gasteiger partial charge in [0.05, 0.1) is 11.3 Å². The summed E-state index contributed by atoms with van der Waals surface area (Å²) in [7, 11) is 0. The quantitative estimate of drug-likeness (QED) is 0.842. The SMILES string of the molecule is Cc1cccc(NC(=O)/C=C/c2ccncc2)c1C(N)=O. The zero-order chi connectivity index (χ0) is 15.2. The Labute approximate surface area is 122 Å². The number of carbonyl (C=O) groups excluding carboxylic acids is 2. The lowest BCUT2D eigenvalue weighted by Crippen LogP contribution is -2.18. The molecule has 2 aromatic rings. The minimum absolute atomic E-state index is 0.322. The van der Waals surface area contributed by atoms with E-state index in [1.807, 2.05) is 0 Å². The van der Waals surface area contributed by atoms with E-state index in [0.717, 1.165) is 11.1 Å². The fourth-order valence-corrected chi connectivity index (χ4v) is 1.92. The second kappa shape index (κ2) is 6.47. The molecule has 0 aliphatic carbocycles. The lowest BCUT2D eigenvalue weighted by molar-refractivity contribution is -0.111. The standard InChI is InChI=1S/C16H15N3O2/c1-11-3-2-4-13(15(11)16(17)21)19-14(20)6-5-12-7-9-18-10-8-12/h2-10H,1H3,(H2,17,21)(H,19,20)/b6-5+. The molecule has 3 N–H and O–H groups in total. The number of aryl methyl sites for hydroxylation is 1. The number of anilines is 1. The van der Waals surface area contributed by atoms with E-state index in [1.54, 1.807) is 55.7 Å². The van der Waals surface area contributed by atoms with E-state index in [1.165, 1.54) is 6.08 Å². The van der Waals surface area contributed by atoms with Crippen molar-refractivity contribution in [3.05, 3.63) is 65.5 Å². The largest absolute Gasteiger partial charge is 0.366 e. The number of primary amides is 1. The molecule has 0 fully saturated rings. The molecule has 0 spiro atoms. The molecule has 0 aliphatic heterocycles. The van der Waals surface area contributed by atoms with Crippen molar-refractivity contribution in [1.82, 2.24) is 4.98 Å². The van der Waals surface area contributed by atoms with E-state index in [0.29, 0.717) is 11.3 Å². The number of pyridine rings is 1. The van der Waals surface area contributed by atoms with Gasteiger partial charge in [0.25, 0.3) is 5.91 Å². The van der Waals surface area contributed by atoms with Gasteiger partial charge in [-0.25, -0.2) is 0 Å². The van der Waals surface area contributed by atoms with Crippen LogP contribution in [0.4, 0.5) is 5.69 Å². The molecule has 2 rings (SSSR count). The summed E-state index contributed by atoms with van der Waals surface area (Å²) < 4.78 is 0. The van der Waals surface area contributed by atoms with Crippen molar-refractivity contribution < 1.29 is 9.59 Å². The van der Waals surface area contributed by atoms with Gasteiger partial charge in [0.2, 0.25) is 5.91 Å². The smallest absolute Gasteiger partial charge is 0.251 e. The van der Waals surface area contributed by atoms with Crippen molar-refractivity contribution in [2.45, 2.75) is 6.92 Å². The lowest BCUT2D eigenvalue weighted by Gasteiger charge is -2.09. The summed E-state index contributed by atoms with van der Waals surface area (Å²) in [6.07, 6.45) is 6.34. The average molecular weight is 281 g/mol. The molecule has 0 saturated heterocycles. The molecule has 0 bridgehead atoms. The first-order valence-electron chi connectivity index (χ1n) is 6.36. The van der Waals surface area contributed by atoms with E-state index >= 15 is 0 Å². The van der Waals surface area contributed by atoms with Crippen LogP contribution in [0, 0.1) is 6.92 Å². The molecule has 0 atom stereocenters. The number of carbonyl (C=O) groups is 2. The Morgan fingerprint density at radius 2 is 1.90 bits per heavy atom. The van der Waals surface area contributed by atoms with E-state index in [9.17, 15) is 9.59 Å². The summed E-state index contributed by atoms with van der Waals surface area (Å²) in [5.74, 6) is -0.901. The van der Waals surface area contributed by atoms with Gasteiger partial charge >= 0.3 is 0 Å². The van der Waals surface area contributed by atoms with Crippen LogP contribution >= 0.6 is 0 Å². The van der Waals surface area contributed by atoms with Gasteiger partial charge in [0.1, 0.15) is 0 Å². The molecule has 0 aliphatic rings. The lowest BCUT2D eigenvalue weighted by atomic mass is 10.1. The van der Waals surface area contributed by atoms with E-state index in [2.05, 4.69) is 10.3 Å². The number of amides is 2. The van der Waals surface area contributed by atoms with Gasteiger partial charge in [-0.2, -0.15) is 0 Å².